The molecule has 0 spiro atoms. The molecule has 1 fully saturated rings. The minimum absolute atomic E-state index is 0.121. The molecule has 76 valence electrons. The third-order valence-electron chi connectivity index (χ3n) is 2.07. The van der Waals surface area contributed by atoms with Gasteiger partial charge in [0, 0.05) is 0 Å². The van der Waals surface area contributed by atoms with Crippen molar-refractivity contribution in [3.8, 4) is 0 Å². The molecule has 14 heavy (non-hydrogen) atoms. The second-order valence-corrected chi connectivity index (χ2v) is 2.93. The number of amides is 1. The third-order valence-corrected chi connectivity index (χ3v) is 2.07. The van der Waals surface area contributed by atoms with E-state index in [4.69, 9.17) is 9.78 Å². The summed E-state index contributed by atoms with van der Waals surface area (Å²) in [5, 5.41) is 0. The number of carbonyl (C=O) groups is 2. The Labute approximate surface area is 79.9 Å². The second kappa shape index (κ2) is 3.39. The maximum atomic E-state index is 11.5. The number of hydrogen-bond donors (Lipinski definition) is 0. The normalized spacial score (nSPS) is 29.5. The average Bonchev–Trinajstić information content (AvgIpc) is 2.23. The molecule has 0 aliphatic carbocycles. The van der Waals surface area contributed by atoms with E-state index in [9.17, 15) is 9.59 Å². The van der Waals surface area contributed by atoms with Crippen LogP contribution in [0.3, 0.4) is 0 Å². The Kier molecular flexibility index (Phi) is 2.22. The fourth-order valence-electron chi connectivity index (χ4n) is 1.32. The molecule has 3 aliphatic rings. The molecule has 1 saturated heterocycles. The van der Waals surface area contributed by atoms with Gasteiger partial charge in [0.1, 0.15) is 6.54 Å². The molecule has 0 aromatic heterocycles. The van der Waals surface area contributed by atoms with Crippen LogP contribution in [-0.2, 0) is 24.1 Å². The summed E-state index contributed by atoms with van der Waals surface area (Å²) in [5.74, 6) is -0.767. The number of nitrogens with zero attached hydrogens (tertiary/aromatic N) is 1. The van der Waals surface area contributed by atoms with Crippen LogP contribution in [0.5, 0.6) is 0 Å². The molecular formula is C8H9NO5. The number of ether oxygens (including phenoxy) is 1. The van der Waals surface area contributed by atoms with Crippen molar-refractivity contribution < 1.29 is 24.1 Å². The molecule has 3 aliphatic heterocycles. The number of fused-ring (bicyclic) bond motifs is 2. The van der Waals surface area contributed by atoms with E-state index in [-0.39, 0.29) is 12.5 Å². The molecule has 1 amide bonds. The van der Waals surface area contributed by atoms with Crippen LogP contribution in [0.15, 0.2) is 12.2 Å². The van der Waals surface area contributed by atoms with Crippen molar-refractivity contribution in [1.29, 1.82) is 0 Å². The van der Waals surface area contributed by atoms with Crippen LogP contribution < -0.4 is 0 Å². The van der Waals surface area contributed by atoms with E-state index in [0.29, 0.717) is 0 Å². The van der Waals surface area contributed by atoms with Gasteiger partial charge in [-0.1, -0.05) is 0 Å². The van der Waals surface area contributed by atoms with Crippen LogP contribution in [0.2, 0.25) is 0 Å². The number of esters is 1. The van der Waals surface area contributed by atoms with E-state index in [2.05, 4.69) is 4.74 Å². The Morgan fingerprint density at radius 1 is 1.57 bits per heavy atom. The molecular weight excluding hydrogens is 190 g/mol. The second-order valence-electron chi connectivity index (χ2n) is 2.93. The van der Waals surface area contributed by atoms with E-state index >= 15 is 0 Å². The highest BCUT2D eigenvalue weighted by molar-refractivity contribution is 5.88. The van der Waals surface area contributed by atoms with Crippen LogP contribution >= 0.6 is 0 Å². The molecule has 2 atom stereocenters. The van der Waals surface area contributed by atoms with Gasteiger partial charge in [0.2, 0.25) is 0 Å². The largest absolute Gasteiger partial charge is 0.468 e. The van der Waals surface area contributed by atoms with Crippen LogP contribution in [0, 0.1) is 0 Å². The van der Waals surface area contributed by atoms with E-state index < -0.39 is 18.3 Å². The Balaban J connectivity index is 2.09. The van der Waals surface area contributed by atoms with E-state index in [1.54, 1.807) is 12.2 Å². The number of methoxy groups -OCH3 is 1. The Bertz CT molecular complexity index is 300. The standard InChI is InChI=1S/C8H9NO5/c1-12-7(10)4-9-6-3-2-5(8(9)11)13-14-6/h2-3,5-6H,4H2,1H3. The first-order valence-corrected chi connectivity index (χ1v) is 4.10. The van der Waals surface area contributed by atoms with Crippen LogP contribution in [0.25, 0.3) is 0 Å². The lowest BCUT2D eigenvalue weighted by Gasteiger charge is -2.38. The Morgan fingerprint density at radius 3 is 2.86 bits per heavy atom. The van der Waals surface area contributed by atoms with E-state index in [0.717, 1.165) is 0 Å². The van der Waals surface area contributed by atoms with Crippen molar-refractivity contribution in [3.63, 3.8) is 0 Å². The van der Waals surface area contributed by atoms with E-state index in [1.165, 1.54) is 12.0 Å². The van der Waals surface area contributed by atoms with Gasteiger partial charge in [-0.2, -0.15) is 0 Å². The smallest absolute Gasteiger partial charge is 0.325 e. The molecule has 3 rings (SSSR count). The monoisotopic (exact) mass is 199 g/mol. The predicted octanol–water partition coefficient (Wildman–Crippen LogP) is -0.786. The first kappa shape index (κ1) is 9.17. The molecule has 2 bridgehead atoms. The topological polar surface area (TPSA) is 65.1 Å². The zero-order chi connectivity index (χ0) is 10.1. The lowest BCUT2D eigenvalue weighted by molar-refractivity contribution is -0.374. The zero-order valence-corrected chi connectivity index (χ0v) is 7.50. The third kappa shape index (κ3) is 1.38. The van der Waals surface area contributed by atoms with Gasteiger partial charge >= 0.3 is 5.97 Å². The van der Waals surface area contributed by atoms with Gasteiger partial charge < -0.3 is 4.74 Å². The maximum Gasteiger partial charge on any atom is 0.325 e. The zero-order valence-electron chi connectivity index (χ0n) is 7.50. The summed E-state index contributed by atoms with van der Waals surface area (Å²) in [6.45, 7) is -0.121. The van der Waals surface area contributed by atoms with Gasteiger partial charge in [0.15, 0.2) is 12.3 Å². The summed E-state index contributed by atoms with van der Waals surface area (Å²) >= 11 is 0. The molecule has 0 aromatic carbocycles. The summed E-state index contributed by atoms with van der Waals surface area (Å²) in [6.07, 6.45) is 1.92. The van der Waals surface area contributed by atoms with E-state index in [1.807, 2.05) is 0 Å². The summed E-state index contributed by atoms with van der Waals surface area (Å²) in [5.41, 5.74) is 0. The lowest BCUT2D eigenvalue weighted by atomic mass is 10.1. The van der Waals surface area contributed by atoms with Crippen molar-refractivity contribution in [2.24, 2.45) is 0 Å². The Morgan fingerprint density at radius 2 is 2.36 bits per heavy atom. The maximum absolute atomic E-state index is 11.5. The average molecular weight is 199 g/mol. The summed E-state index contributed by atoms with van der Waals surface area (Å²) in [7, 11) is 1.27. The molecule has 2 unspecified atom stereocenters. The van der Waals surface area contributed by atoms with Gasteiger partial charge in [-0.15, -0.1) is 0 Å². The lowest BCUT2D eigenvalue weighted by Crippen LogP contribution is -2.56. The molecule has 0 saturated carbocycles. The minimum atomic E-state index is -0.732. The van der Waals surface area contributed by atoms with Gasteiger partial charge in [-0.05, 0) is 12.2 Å². The van der Waals surface area contributed by atoms with Crippen LogP contribution in [-0.4, -0.2) is 42.8 Å². The van der Waals surface area contributed by atoms with Gasteiger partial charge in [-0.3, -0.25) is 14.5 Å². The molecule has 0 N–H and O–H groups in total. The van der Waals surface area contributed by atoms with Crippen molar-refractivity contribution >= 4 is 11.9 Å². The molecule has 6 heteroatoms. The number of hydrogen-bond acceptors (Lipinski definition) is 5. The molecule has 0 radical (unpaired) electrons. The molecule has 0 aromatic rings. The molecule has 3 heterocycles. The first-order valence-electron chi connectivity index (χ1n) is 4.10. The SMILES string of the molecule is COC(=O)CN1C(=O)C2C=CC1OO2. The summed E-state index contributed by atoms with van der Waals surface area (Å²) < 4.78 is 4.46. The molecule has 6 nitrogen and oxygen atoms in total. The predicted molar refractivity (Wildman–Crippen MR) is 42.6 cm³/mol. The number of rotatable bonds is 2. The summed E-state index contributed by atoms with van der Waals surface area (Å²) in [6, 6.07) is 0. The van der Waals surface area contributed by atoms with Crippen molar-refractivity contribution in [1.82, 2.24) is 4.90 Å². The van der Waals surface area contributed by atoms with Gasteiger partial charge in [-0.25, -0.2) is 9.78 Å². The van der Waals surface area contributed by atoms with Crippen molar-refractivity contribution in [2.75, 3.05) is 13.7 Å². The fourth-order valence-corrected chi connectivity index (χ4v) is 1.32. The van der Waals surface area contributed by atoms with Gasteiger partial charge in [0.05, 0.1) is 7.11 Å². The summed E-state index contributed by atoms with van der Waals surface area (Å²) in [4.78, 5) is 33.2. The van der Waals surface area contributed by atoms with Gasteiger partial charge in [0.25, 0.3) is 5.91 Å². The fraction of sp³-hybridized carbons (Fsp3) is 0.500. The van der Waals surface area contributed by atoms with Crippen LogP contribution in [0.4, 0.5) is 0 Å². The number of carbonyl (C=O) groups excluding carboxylic acids is 2. The highest BCUT2D eigenvalue weighted by Crippen LogP contribution is 2.22. The van der Waals surface area contributed by atoms with Crippen LogP contribution in [0.1, 0.15) is 0 Å². The highest BCUT2D eigenvalue weighted by atomic mass is 17.2. The van der Waals surface area contributed by atoms with Crippen molar-refractivity contribution in [3.05, 3.63) is 12.2 Å². The minimum Gasteiger partial charge on any atom is -0.468 e. The van der Waals surface area contributed by atoms with Crippen molar-refractivity contribution in [2.45, 2.75) is 12.3 Å². The first-order chi connectivity index (χ1) is 6.72. The quantitative estimate of drug-likeness (QED) is 0.331. The Hall–Kier alpha value is -1.40. The highest BCUT2D eigenvalue weighted by Gasteiger charge is 2.40.